The molecule has 2 aromatic carbocycles. The number of carbonyl (C=O) groups is 2. The smallest absolute Gasteiger partial charge is 0.287 e. The molecule has 2 N–H and O–H groups in total. The van der Waals surface area contributed by atoms with E-state index >= 15 is 0 Å². The van der Waals surface area contributed by atoms with E-state index < -0.39 is 11.8 Å². The molecule has 20 heavy (non-hydrogen) atoms. The first kappa shape index (κ1) is 13.4. The molecule has 2 amide bonds. The van der Waals surface area contributed by atoms with Gasteiger partial charge in [0.2, 0.25) is 12.0 Å². The third kappa shape index (κ3) is 2.85. The normalized spacial score (nSPS) is 9.60. The zero-order valence-electron chi connectivity index (χ0n) is 10.4. The van der Waals surface area contributed by atoms with Crippen LogP contribution in [0.4, 0.5) is 0 Å². The van der Waals surface area contributed by atoms with E-state index in [2.05, 4.69) is 4.99 Å². The van der Waals surface area contributed by atoms with E-state index in [9.17, 15) is 14.4 Å². The van der Waals surface area contributed by atoms with Crippen LogP contribution in [-0.2, 0) is 4.79 Å². The van der Waals surface area contributed by atoms with Gasteiger partial charge in [0.05, 0.1) is 0 Å². The lowest BCUT2D eigenvalue weighted by atomic mass is 10.0. The van der Waals surface area contributed by atoms with Crippen LogP contribution in [0, 0.1) is 0 Å². The monoisotopic (exact) mass is 266 g/mol. The molecule has 0 spiro atoms. The molecule has 0 radical (unpaired) electrons. The van der Waals surface area contributed by atoms with Crippen LogP contribution >= 0.6 is 0 Å². The van der Waals surface area contributed by atoms with E-state index in [1.54, 1.807) is 48.5 Å². The number of nitrogens with two attached hydrogens (primary N) is 1. The van der Waals surface area contributed by atoms with Crippen molar-refractivity contribution in [2.75, 3.05) is 0 Å². The number of primary amides is 1. The number of carbonyl (C=O) groups excluding carboxylic acids is 3. The van der Waals surface area contributed by atoms with Crippen molar-refractivity contribution in [2.24, 2.45) is 10.7 Å². The fourth-order valence-corrected chi connectivity index (χ4v) is 1.79. The summed E-state index contributed by atoms with van der Waals surface area (Å²) in [4.78, 5) is 35.8. The Morgan fingerprint density at radius 3 is 2.05 bits per heavy atom. The van der Waals surface area contributed by atoms with Gasteiger partial charge in [0, 0.05) is 11.1 Å². The summed E-state index contributed by atoms with van der Waals surface area (Å²) in [5, 5.41) is 0. The van der Waals surface area contributed by atoms with Gasteiger partial charge in [-0.2, -0.15) is 0 Å². The maximum absolute atomic E-state index is 11.5. The van der Waals surface area contributed by atoms with Gasteiger partial charge in [-0.25, -0.2) is 4.79 Å². The van der Waals surface area contributed by atoms with Gasteiger partial charge in [0.15, 0.2) is 0 Å². The second-order valence-electron chi connectivity index (χ2n) is 4.03. The molecule has 0 atom stereocenters. The lowest BCUT2D eigenvalue weighted by Gasteiger charge is -2.04. The summed E-state index contributed by atoms with van der Waals surface area (Å²) in [5.41, 5.74) is 7.34. The van der Waals surface area contributed by atoms with Gasteiger partial charge in [-0.05, 0) is 35.4 Å². The van der Waals surface area contributed by atoms with Crippen LogP contribution in [0.15, 0.2) is 53.5 Å². The summed E-state index contributed by atoms with van der Waals surface area (Å²) in [6.45, 7) is 0. The Morgan fingerprint density at radius 1 is 0.950 bits per heavy atom. The largest absolute Gasteiger partial charge is 0.366 e. The number of nitrogens with zero attached hydrogens (tertiary/aromatic N) is 1. The summed E-state index contributed by atoms with van der Waals surface area (Å²) < 4.78 is 0. The molecule has 5 nitrogen and oxygen atoms in total. The van der Waals surface area contributed by atoms with E-state index in [0.29, 0.717) is 5.56 Å². The molecule has 0 aliphatic heterocycles. The van der Waals surface area contributed by atoms with E-state index in [0.717, 1.165) is 11.1 Å². The van der Waals surface area contributed by atoms with Gasteiger partial charge in [-0.1, -0.05) is 24.3 Å². The SMILES string of the molecule is NC(=O)c1cccc(-c2cccc(C(=O)N=C=O)c2)c1. The number of rotatable bonds is 3. The van der Waals surface area contributed by atoms with Crippen LogP contribution in [0.1, 0.15) is 20.7 Å². The molecule has 0 aliphatic carbocycles. The minimum absolute atomic E-state index is 0.273. The predicted molar refractivity (Wildman–Crippen MR) is 72.8 cm³/mol. The molecule has 0 aliphatic rings. The number of hydrogen-bond acceptors (Lipinski definition) is 3. The third-order valence-corrected chi connectivity index (χ3v) is 2.74. The van der Waals surface area contributed by atoms with Crippen molar-refractivity contribution in [2.45, 2.75) is 0 Å². The lowest BCUT2D eigenvalue weighted by molar-refractivity contribution is 0.0993. The van der Waals surface area contributed by atoms with Gasteiger partial charge in [-0.3, -0.25) is 9.59 Å². The molecule has 0 unspecified atom stereocenters. The van der Waals surface area contributed by atoms with Gasteiger partial charge in [0.1, 0.15) is 0 Å². The number of aliphatic imine (C=N–C) groups is 1. The molecule has 0 aromatic heterocycles. The minimum atomic E-state index is -0.659. The number of benzene rings is 2. The Hall–Kier alpha value is -3.04. The summed E-state index contributed by atoms with van der Waals surface area (Å²) >= 11 is 0. The Labute approximate surface area is 114 Å². The van der Waals surface area contributed by atoms with Crippen LogP contribution < -0.4 is 5.73 Å². The fraction of sp³-hybridized carbons (Fsp3) is 0. The summed E-state index contributed by atoms with van der Waals surface area (Å²) in [6, 6.07) is 13.3. The highest BCUT2D eigenvalue weighted by Crippen LogP contribution is 2.21. The topological polar surface area (TPSA) is 89.6 Å². The molecule has 0 heterocycles. The molecule has 5 heteroatoms. The predicted octanol–water partition coefficient (Wildman–Crippen LogP) is 1.93. The second kappa shape index (κ2) is 5.73. The molecule has 0 saturated heterocycles. The van der Waals surface area contributed by atoms with Crippen LogP contribution in [0.5, 0.6) is 0 Å². The summed E-state index contributed by atoms with van der Waals surface area (Å²) in [6.07, 6.45) is 1.21. The summed E-state index contributed by atoms with van der Waals surface area (Å²) in [5.74, 6) is -1.18. The molecule has 2 rings (SSSR count). The van der Waals surface area contributed by atoms with Gasteiger partial charge in [0.25, 0.3) is 5.91 Å². The van der Waals surface area contributed by atoms with E-state index in [1.165, 1.54) is 6.08 Å². The van der Waals surface area contributed by atoms with Crippen molar-refractivity contribution in [3.8, 4) is 11.1 Å². The Balaban J connectivity index is 2.45. The zero-order chi connectivity index (χ0) is 14.5. The standard InChI is InChI=1S/C15H10N2O3/c16-14(19)12-5-1-3-10(7-12)11-4-2-6-13(8-11)15(20)17-9-18/h1-8H,(H2,16,19). The first-order chi connectivity index (χ1) is 9.61. The molecular weight excluding hydrogens is 256 g/mol. The van der Waals surface area contributed by atoms with E-state index in [1.807, 2.05) is 0 Å². The first-order valence-corrected chi connectivity index (χ1v) is 5.74. The van der Waals surface area contributed by atoms with Gasteiger partial charge < -0.3 is 5.73 Å². The van der Waals surface area contributed by atoms with Crippen LogP contribution in [0.3, 0.4) is 0 Å². The van der Waals surface area contributed by atoms with Crippen molar-refractivity contribution in [3.63, 3.8) is 0 Å². The van der Waals surface area contributed by atoms with E-state index in [4.69, 9.17) is 5.73 Å². The number of isocyanates is 1. The molecule has 2 aromatic rings. The lowest BCUT2D eigenvalue weighted by Crippen LogP contribution is -2.10. The maximum atomic E-state index is 11.5. The minimum Gasteiger partial charge on any atom is -0.366 e. The molecular formula is C15H10N2O3. The van der Waals surface area contributed by atoms with Crippen LogP contribution in [-0.4, -0.2) is 17.9 Å². The fourth-order valence-electron chi connectivity index (χ4n) is 1.79. The van der Waals surface area contributed by atoms with Crippen molar-refractivity contribution in [3.05, 3.63) is 59.7 Å². The number of amides is 2. The third-order valence-electron chi connectivity index (χ3n) is 2.74. The van der Waals surface area contributed by atoms with E-state index in [-0.39, 0.29) is 5.56 Å². The van der Waals surface area contributed by atoms with Crippen molar-refractivity contribution >= 4 is 17.9 Å². The quantitative estimate of drug-likeness (QED) is 0.679. The van der Waals surface area contributed by atoms with Crippen LogP contribution in [0.2, 0.25) is 0 Å². The van der Waals surface area contributed by atoms with Crippen molar-refractivity contribution < 1.29 is 14.4 Å². The van der Waals surface area contributed by atoms with Crippen molar-refractivity contribution in [1.29, 1.82) is 0 Å². The maximum Gasteiger partial charge on any atom is 0.287 e. The highest BCUT2D eigenvalue weighted by molar-refractivity contribution is 5.98. The molecule has 0 saturated carbocycles. The first-order valence-electron chi connectivity index (χ1n) is 5.74. The number of hydrogen-bond donors (Lipinski definition) is 1. The Morgan fingerprint density at radius 2 is 1.50 bits per heavy atom. The average Bonchev–Trinajstić information content (AvgIpc) is 2.48. The molecule has 98 valence electrons. The molecule has 0 fully saturated rings. The Bertz CT molecular complexity index is 731. The summed E-state index contributed by atoms with van der Waals surface area (Å²) in [7, 11) is 0. The van der Waals surface area contributed by atoms with Gasteiger partial charge in [-0.15, -0.1) is 4.99 Å². The van der Waals surface area contributed by atoms with Crippen molar-refractivity contribution in [1.82, 2.24) is 0 Å². The highest BCUT2D eigenvalue weighted by atomic mass is 16.2. The second-order valence-corrected chi connectivity index (χ2v) is 4.03. The van der Waals surface area contributed by atoms with Gasteiger partial charge >= 0.3 is 0 Å². The van der Waals surface area contributed by atoms with Crippen LogP contribution in [0.25, 0.3) is 11.1 Å². The zero-order valence-corrected chi connectivity index (χ0v) is 10.4. The molecule has 0 bridgehead atoms. The average molecular weight is 266 g/mol. The Kier molecular flexibility index (Phi) is 3.84. The highest BCUT2D eigenvalue weighted by Gasteiger charge is 2.07.